The van der Waals surface area contributed by atoms with Gasteiger partial charge in [-0.15, -0.1) is 0 Å². The van der Waals surface area contributed by atoms with Crippen LogP contribution in [0, 0.1) is 6.92 Å². The molecule has 0 aliphatic rings. The summed E-state index contributed by atoms with van der Waals surface area (Å²) in [6.07, 6.45) is 0. The van der Waals surface area contributed by atoms with E-state index in [0.717, 1.165) is 14.2 Å². The number of fused-ring (bicyclic) bond motifs is 1. The fourth-order valence-electron chi connectivity index (χ4n) is 1.31. The van der Waals surface area contributed by atoms with Gasteiger partial charge in [0.05, 0.1) is 0 Å². The van der Waals surface area contributed by atoms with Gasteiger partial charge >= 0.3 is 0 Å². The Labute approximate surface area is 90.8 Å². The molecule has 0 unspecified atom stereocenters. The quantitative estimate of drug-likeness (QED) is 0.694. The lowest BCUT2D eigenvalue weighted by molar-refractivity contribution is 0.399. The highest BCUT2D eigenvalue weighted by atomic mass is 16.2. The van der Waals surface area contributed by atoms with Crippen LogP contribution in [0.5, 0.6) is 0 Å². The molecule has 2 N–H and O–H groups in total. The minimum Gasteiger partial charge on any atom is -0.400 e. The summed E-state index contributed by atoms with van der Waals surface area (Å²) in [5.74, 6) is 0. The lowest BCUT2D eigenvalue weighted by atomic mass is 10.1. The Bertz CT molecular complexity index is 383. The fraction of sp³-hybridized carbons (Fsp3) is 0.231. The molecule has 0 fully saturated rings. The van der Waals surface area contributed by atoms with Crippen LogP contribution in [0.4, 0.5) is 0 Å². The predicted molar refractivity (Wildman–Crippen MR) is 65.0 cm³/mol. The Morgan fingerprint density at radius 2 is 1.27 bits per heavy atom. The fourth-order valence-corrected chi connectivity index (χ4v) is 1.31. The first-order chi connectivity index (χ1) is 7.36. The van der Waals surface area contributed by atoms with Crippen LogP contribution < -0.4 is 0 Å². The maximum Gasteiger partial charge on any atom is 0.0319 e. The van der Waals surface area contributed by atoms with Gasteiger partial charge in [-0.1, -0.05) is 48.0 Å². The molecule has 2 rings (SSSR count). The van der Waals surface area contributed by atoms with E-state index >= 15 is 0 Å². The number of hydrogen-bond acceptors (Lipinski definition) is 2. The van der Waals surface area contributed by atoms with Crippen molar-refractivity contribution in [3.63, 3.8) is 0 Å². The zero-order chi connectivity index (χ0) is 11.7. The van der Waals surface area contributed by atoms with E-state index in [-0.39, 0.29) is 0 Å². The van der Waals surface area contributed by atoms with E-state index in [9.17, 15) is 0 Å². The zero-order valence-electron chi connectivity index (χ0n) is 9.44. The molecule has 2 heteroatoms. The van der Waals surface area contributed by atoms with Crippen LogP contribution in [0.15, 0.2) is 42.5 Å². The van der Waals surface area contributed by atoms with Gasteiger partial charge in [-0.2, -0.15) is 0 Å². The van der Waals surface area contributed by atoms with Gasteiger partial charge in [-0.25, -0.2) is 0 Å². The lowest BCUT2D eigenvalue weighted by Gasteiger charge is -1.96. The number of benzene rings is 2. The lowest BCUT2D eigenvalue weighted by Crippen LogP contribution is -1.73. The van der Waals surface area contributed by atoms with E-state index in [4.69, 9.17) is 10.2 Å². The molecular weight excluding hydrogens is 188 g/mol. The molecule has 0 amide bonds. The van der Waals surface area contributed by atoms with Crippen LogP contribution in [0.25, 0.3) is 10.8 Å². The number of aryl methyl sites for hydroxylation is 1. The van der Waals surface area contributed by atoms with Crippen molar-refractivity contribution in [2.24, 2.45) is 0 Å². The van der Waals surface area contributed by atoms with Crippen molar-refractivity contribution in [2.45, 2.75) is 6.92 Å². The summed E-state index contributed by atoms with van der Waals surface area (Å²) in [5, 5.41) is 16.6. The van der Waals surface area contributed by atoms with Gasteiger partial charge in [0.15, 0.2) is 0 Å². The van der Waals surface area contributed by atoms with Crippen molar-refractivity contribution in [3.05, 3.63) is 48.0 Å². The van der Waals surface area contributed by atoms with Gasteiger partial charge in [-0.3, -0.25) is 0 Å². The highest BCUT2D eigenvalue weighted by Crippen LogP contribution is 2.14. The molecule has 2 aromatic carbocycles. The molecule has 0 saturated heterocycles. The van der Waals surface area contributed by atoms with E-state index in [1.807, 2.05) is 0 Å². The average Bonchev–Trinajstić information content (AvgIpc) is 2.34. The molecule has 0 radical (unpaired) electrons. The highest BCUT2D eigenvalue weighted by Gasteiger charge is 1.89. The number of aliphatic hydroxyl groups excluding tert-OH is 2. The standard InChI is InChI=1S/C11H10.2CH4O/c1-9-6-7-10-4-2-3-5-11(10)8-9;2*1-2/h2-8H,1H3;2*2H,1H3. The molecule has 15 heavy (non-hydrogen) atoms. The smallest absolute Gasteiger partial charge is 0.0319 e. The van der Waals surface area contributed by atoms with Crippen molar-refractivity contribution in [1.29, 1.82) is 0 Å². The molecule has 82 valence electrons. The molecule has 0 saturated carbocycles. The topological polar surface area (TPSA) is 40.5 Å². The number of hydrogen-bond donors (Lipinski definition) is 2. The van der Waals surface area contributed by atoms with Gasteiger partial charge in [-0.05, 0) is 17.7 Å². The summed E-state index contributed by atoms with van der Waals surface area (Å²) in [6, 6.07) is 14.9. The maximum absolute atomic E-state index is 7.00. The Morgan fingerprint density at radius 1 is 0.733 bits per heavy atom. The Morgan fingerprint density at radius 3 is 1.87 bits per heavy atom. The van der Waals surface area contributed by atoms with E-state index in [0.29, 0.717) is 0 Å². The second-order valence-corrected chi connectivity index (χ2v) is 2.85. The molecule has 0 atom stereocenters. The third-order valence-corrected chi connectivity index (χ3v) is 1.90. The van der Waals surface area contributed by atoms with Crippen molar-refractivity contribution < 1.29 is 10.2 Å². The SMILES string of the molecule is CO.CO.Cc1ccc2ccccc2c1. The minimum absolute atomic E-state index is 1.00. The van der Waals surface area contributed by atoms with E-state index in [1.165, 1.54) is 16.3 Å². The summed E-state index contributed by atoms with van der Waals surface area (Å²) in [4.78, 5) is 0. The Kier molecular flexibility index (Phi) is 7.24. The first-order valence-corrected chi connectivity index (χ1v) is 4.71. The molecule has 0 spiro atoms. The predicted octanol–water partition coefficient (Wildman–Crippen LogP) is 2.37. The largest absolute Gasteiger partial charge is 0.400 e. The van der Waals surface area contributed by atoms with Crippen LogP contribution >= 0.6 is 0 Å². The molecule has 0 aliphatic heterocycles. The summed E-state index contributed by atoms with van der Waals surface area (Å²) in [6.45, 7) is 2.12. The van der Waals surface area contributed by atoms with Crippen LogP contribution in [0.2, 0.25) is 0 Å². The molecule has 0 aromatic heterocycles. The molecular formula is C13H18O2. The van der Waals surface area contributed by atoms with Gasteiger partial charge in [0.1, 0.15) is 0 Å². The minimum atomic E-state index is 1.00. The number of aliphatic hydroxyl groups is 2. The molecule has 0 heterocycles. The Hall–Kier alpha value is -1.38. The van der Waals surface area contributed by atoms with Crippen LogP contribution in [0.1, 0.15) is 5.56 Å². The van der Waals surface area contributed by atoms with Crippen molar-refractivity contribution in [3.8, 4) is 0 Å². The Balaban J connectivity index is 0.000000442. The zero-order valence-corrected chi connectivity index (χ0v) is 9.44. The van der Waals surface area contributed by atoms with Gasteiger partial charge in [0.25, 0.3) is 0 Å². The van der Waals surface area contributed by atoms with Gasteiger partial charge < -0.3 is 10.2 Å². The van der Waals surface area contributed by atoms with Gasteiger partial charge in [0.2, 0.25) is 0 Å². The highest BCUT2D eigenvalue weighted by molar-refractivity contribution is 5.82. The van der Waals surface area contributed by atoms with Gasteiger partial charge in [0, 0.05) is 14.2 Å². The first kappa shape index (κ1) is 13.6. The maximum atomic E-state index is 7.00. The molecule has 2 nitrogen and oxygen atoms in total. The van der Waals surface area contributed by atoms with Crippen LogP contribution in [-0.4, -0.2) is 24.4 Å². The van der Waals surface area contributed by atoms with Crippen molar-refractivity contribution in [2.75, 3.05) is 14.2 Å². The summed E-state index contributed by atoms with van der Waals surface area (Å²) in [5.41, 5.74) is 1.32. The summed E-state index contributed by atoms with van der Waals surface area (Å²) in [7, 11) is 2.00. The molecule has 0 aliphatic carbocycles. The second-order valence-electron chi connectivity index (χ2n) is 2.85. The van der Waals surface area contributed by atoms with Crippen LogP contribution in [-0.2, 0) is 0 Å². The number of rotatable bonds is 0. The average molecular weight is 206 g/mol. The van der Waals surface area contributed by atoms with Crippen molar-refractivity contribution >= 4 is 10.8 Å². The van der Waals surface area contributed by atoms with E-state index in [1.54, 1.807) is 0 Å². The second kappa shape index (κ2) is 7.97. The summed E-state index contributed by atoms with van der Waals surface area (Å²) >= 11 is 0. The third kappa shape index (κ3) is 4.11. The molecule has 0 bridgehead atoms. The van der Waals surface area contributed by atoms with E-state index < -0.39 is 0 Å². The summed E-state index contributed by atoms with van der Waals surface area (Å²) < 4.78 is 0. The third-order valence-electron chi connectivity index (χ3n) is 1.90. The monoisotopic (exact) mass is 206 g/mol. The molecule has 2 aromatic rings. The van der Waals surface area contributed by atoms with Crippen LogP contribution in [0.3, 0.4) is 0 Å². The van der Waals surface area contributed by atoms with Crippen molar-refractivity contribution in [1.82, 2.24) is 0 Å². The normalized spacial score (nSPS) is 8.33. The van der Waals surface area contributed by atoms with E-state index in [2.05, 4.69) is 49.4 Å². The first-order valence-electron chi connectivity index (χ1n) is 4.71.